The van der Waals surface area contributed by atoms with E-state index in [1.807, 2.05) is 20.8 Å². The summed E-state index contributed by atoms with van der Waals surface area (Å²) in [6, 6.07) is 2.31. The standard InChI is InChI=1S/C21H31N5O3/c1-5-10-26-18-17(20(28)24-21(26)29)15(12-16(23-18)13(3)4)19(27)22-9-11-25(6-2)14-7-8-14/h12-14H,5-11H2,1-4H3,(H,22,27)(H,24,28,29). The Kier molecular flexibility index (Phi) is 6.52. The van der Waals surface area contributed by atoms with Crippen LogP contribution in [-0.2, 0) is 6.54 Å². The van der Waals surface area contributed by atoms with Crippen LogP contribution in [0.25, 0.3) is 11.0 Å². The van der Waals surface area contributed by atoms with Gasteiger partial charge in [0, 0.05) is 31.4 Å². The van der Waals surface area contributed by atoms with E-state index < -0.39 is 11.2 Å². The number of nitrogens with zero attached hydrogens (tertiary/aromatic N) is 3. The molecule has 1 aliphatic rings. The summed E-state index contributed by atoms with van der Waals surface area (Å²) in [7, 11) is 0. The lowest BCUT2D eigenvalue weighted by molar-refractivity contribution is 0.0949. The Bertz CT molecular complexity index is 1000. The van der Waals surface area contributed by atoms with Crippen molar-refractivity contribution in [2.75, 3.05) is 19.6 Å². The summed E-state index contributed by atoms with van der Waals surface area (Å²) in [5.74, 6) is -0.251. The Hall–Kier alpha value is -2.48. The van der Waals surface area contributed by atoms with Crippen LogP contribution in [0.4, 0.5) is 0 Å². The maximum atomic E-state index is 13.0. The highest BCUT2D eigenvalue weighted by atomic mass is 16.2. The van der Waals surface area contributed by atoms with E-state index in [2.05, 4.69) is 27.1 Å². The molecular formula is C21H31N5O3. The zero-order valence-electron chi connectivity index (χ0n) is 17.7. The Morgan fingerprint density at radius 2 is 2.07 bits per heavy atom. The number of aromatic amines is 1. The average Bonchev–Trinajstić information content (AvgIpc) is 3.52. The molecule has 0 radical (unpaired) electrons. The first-order valence-corrected chi connectivity index (χ1v) is 10.6. The molecule has 1 fully saturated rings. The SMILES string of the molecule is CCCn1c(=O)[nH]c(=O)c2c(C(=O)NCCN(CC)C3CC3)cc(C(C)C)nc21. The largest absolute Gasteiger partial charge is 0.351 e. The molecule has 0 unspecified atom stereocenters. The van der Waals surface area contributed by atoms with Crippen molar-refractivity contribution in [2.45, 2.75) is 65.5 Å². The summed E-state index contributed by atoms with van der Waals surface area (Å²) < 4.78 is 1.45. The van der Waals surface area contributed by atoms with Crippen LogP contribution in [0, 0.1) is 0 Å². The first-order valence-electron chi connectivity index (χ1n) is 10.6. The highest BCUT2D eigenvalue weighted by Crippen LogP contribution is 2.26. The topological polar surface area (TPSA) is 100 Å². The van der Waals surface area contributed by atoms with Crippen LogP contribution in [0.1, 0.15) is 68.9 Å². The second kappa shape index (κ2) is 8.90. The summed E-state index contributed by atoms with van der Waals surface area (Å²) in [6.45, 7) is 10.7. The second-order valence-electron chi connectivity index (χ2n) is 7.97. The van der Waals surface area contributed by atoms with Gasteiger partial charge in [0.15, 0.2) is 5.65 Å². The maximum absolute atomic E-state index is 13.0. The highest BCUT2D eigenvalue weighted by molar-refractivity contribution is 6.05. The lowest BCUT2D eigenvalue weighted by atomic mass is 10.0. The Balaban J connectivity index is 1.98. The Morgan fingerprint density at radius 3 is 2.66 bits per heavy atom. The van der Waals surface area contributed by atoms with Crippen molar-refractivity contribution in [2.24, 2.45) is 0 Å². The molecule has 158 valence electrons. The number of nitrogens with one attached hydrogen (secondary N) is 2. The van der Waals surface area contributed by atoms with Crippen molar-refractivity contribution in [3.8, 4) is 0 Å². The predicted octanol–water partition coefficient (Wildman–Crippen LogP) is 1.83. The molecule has 1 saturated carbocycles. The smallest absolute Gasteiger partial charge is 0.329 e. The van der Waals surface area contributed by atoms with E-state index in [9.17, 15) is 14.4 Å². The van der Waals surface area contributed by atoms with Crippen molar-refractivity contribution in [3.63, 3.8) is 0 Å². The van der Waals surface area contributed by atoms with Crippen molar-refractivity contribution in [1.82, 2.24) is 24.8 Å². The number of H-pyrrole nitrogens is 1. The van der Waals surface area contributed by atoms with Crippen molar-refractivity contribution in [3.05, 3.63) is 38.2 Å². The van der Waals surface area contributed by atoms with Gasteiger partial charge in [0.1, 0.15) is 0 Å². The molecule has 2 aromatic rings. The minimum absolute atomic E-state index is 0.0564. The van der Waals surface area contributed by atoms with E-state index in [-0.39, 0.29) is 28.4 Å². The van der Waals surface area contributed by atoms with E-state index in [0.29, 0.717) is 31.2 Å². The van der Waals surface area contributed by atoms with Crippen molar-refractivity contribution >= 4 is 16.9 Å². The van der Waals surface area contributed by atoms with Crippen LogP contribution in [0.15, 0.2) is 15.7 Å². The van der Waals surface area contributed by atoms with Gasteiger partial charge in [-0.15, -0.1) is 0 Å². The fourth-order valence-electron chi connectivity index (χ4n) is 3.65. The molecule has 1 amide bonds. The second-order valence-corrected chi connectivity index (χ2v) is 7.97. The number of fused-ring (bicyclic) bond motifs is 1. The van der Waals surface area contributed by atoms with Gasteiger partial charge in [-0.05, 0) is 37.8 Å². The number of amides is 1. The minimum Gasteiger partial charge on any atom is -0.351 e. The number of likely N-dealkylation sites (N-methyl/N-ethyl adjacent to an activating group) is 1. The van der Waals surface area contributed by atoms with Crippen molar-refractivity contribution < 1.29 is 4.79 Å². The molecule has 3 rings (SSSR count). The molecule has 8 heteroatoms. The summed E-state index contributed by atoms with van der Waals surface area (Å²) in [6.07, 6.45) is 3.15. The van der Waals surface area contributed by atoms with Crippen LogP contribution >= 0.6 is 0 Å². The fraction of sp³-hybridized carbons (Fsp3) is 0.619. The van der Waals surface area contributed by atoms with E-state index in [0.717, 1.165) is 13.1 Å². The minimum atomic E-state index is -0.571. The Morgan fingerprint density at radius 1 is 1.34 bits per heavy atom. The van der Waals surface area contributed by atoms with Gasteiger partial charge in [-0.25, -0.2) is 9.78 Å². The number of carbonyl (C=O) groups excluding carboxylic acids is 1. The van der Waals surface area contributed by atoms with Crippen LogP contribution < -0.4 is 16.6 Å². The average molecular weight is 402 g/mol. The zero-order chi connectivity index (χ0) is 21.1. The monoisotopic (exact) mass is 401 g/mol. The molecule has 2 aromatic heterocycles. The molecule has 2 heterocycles. The van der Waals surface area contributed by atoms with Gasteiger partial charge in [-0.2, -0.15) is 0 Å². The van der Waals surface area contributed by atoms with E-state index in [1.54, 1.807) is 6.07 Å². The Labute approximate surface area is 170 Å². The van der Waals surface area contributed by atoms with E-state index in [1.165, 1.54) is 17.4 Å². The number of aryl methyl sites for hydroxylation is 1. The lowest BCUT2D eigenvalue weighted by Gasteiger charge is -2.20. The van der Waals surface area contributed by atoms with Crippen LogP contribution in [0.3, 0.4) is 0 Å². The number of rotatable bonds is 9. The van der Waals surface area contributed by atoms with E-state index in [4.69, 9.17) is 0 Å². The third-order valence-electron chi connectivity index (χ3n) is 5.41. The molecule has 0 saturated heterocycles. The molecular weight excluding hydrogens is 370 g/mol. The van der Waals surface area contributed by atoms with Gasteiger partial charge in [0.05, 0.1) is 10.9 Å². The summed E-state index contributed by atoms with van der Waals surface area (Å²) in [5, 5.41) is 3.12. The summed E-state index contributed by atoms with van der Waals surface area (Å²) in [5.41, 5.74) is 0.181. The maximum Gasteiger partial charge on any atom is 0.329 e. The summed E-state index contributed by atoms with van der Waals surface area (Å²) >= 11 is 0. The number of aromatic nitrogens is 3. The number of pyridine rings is 1. The first kappa shape index (κ1) is 21.2. The predicted molar refractivity (Wildman–Crippen MR) is 114 cm³/mol. The number of carbonyl (C=O) groups is 1. The lowest BCUT2D eigenvalue weighted by Crippen LogP contribution is -2.37. The third kappa shape index (κ3) is 4.58. The number of hydrogen-bond donors (Lipinski definition) is 2. The molecule has 1 aliphatic carbocycles. The molecule has 0 bridgehead atoms. The molecule has 0 spiro atoms. The quantitative estimate of drug-likeness (QED) is 0.668. The fourth-order valence-corrected chi connectivity index (χ4v) is 3.65. The van der Waals surface area contributed by atoms with Gasteiger partial charge in [0.2, 0.25) is 0 Å². The van der Waals surface area contributed by atoms with Crippen LogP contribution in [0.2, 0.25) is 0 Å². The normalized spacial score (nSPS) is 14.1. The highest BCUT2D eigenvalue weighted by Gasteiger charge is 2.27. The van der Waals surface area contributed by atoms with E-state index >= 15 is 0 Å². The molecule has 0 aliphatic heterocycles. The van der Waals surface area contributed by atoms with Crippen molar-refractivity contribution in [1.29, 1.82) is 0 Å². The zero-order valence-corrected chi connectivity index (χ0v) is 17.7. The molecule has 2 N–H and O–H groups in total. The molecule has 0 aromatic carbocycles. The van der Waals surface area contributed by atoms with Crippen LogP contribution in [0.5, 0.6) is 0 Å². The third-order valence-corrected chi connectivity index (χ3v) is 5.41. The molecule has 29 heavy (non-hydrogen) atoms. The van der Waals surface area contributed by atoms with Crippen LogP contribution in [-0.4, -0.2) is 51.0 Å². The van der Waals surface area contributed by atoms with Gasteiger partial charge in [-0.3, -0.25) is 24.0 Å². The van der Waals surface area contributed by atoms with Gasteiger partial charge < -0.3 is 5.32 Å². The van der Waals surface area contributed by atoms with Gasteiger partial charge >= 0.3 is 5.69 Å². The van der Waals surface area contributed by atoms with Gasteiger partial charge in [0.25, 0.3) is 11.5 Å². The molecule has 0 atom stereocenters. The van der Waals surface area contributed by atoms with Gasteiger partial charge in [-0.1, -0.05) is 27.7 Å². The molecule has 8 nitrogen and oxygen atoms in total. The first-order chi connectivity index (χ1) is 13.9. The summed E-state index contributed by atoms with van der Waals surface area (Å²) in [4.78, 5) is 47.2. The number of hydrogen-bond acceptors (Lipinski definition) is 5.